The van der Waals surface area contributed by atoms with E-state index in [1.165, 1.54) is 42.5 Å². The molecule has 0 saturated carbocycles. The third-order valence-electron chi connectivity index (χ3n) is 4.55. The molecule has 1 aliphatic rings. The highest BCUT2D eigenvalue weighted by molar-refractivity contribution is 7.89. The number of amides is 1. The van der Waals surface area contributed by atoms with Crippen molar-refractivity contribution in [2.75, 3.05) is 26.7 Å². The summed E-state index contributed by atoms with van der Waals surface area (Å²) in [7, 11) is -2.13. The number of Topliss-reactive ketones (excluding diaryl/α,β-unsaturated/α-hetero) is 1. The molecular weight excluding hydrogens is 354 g/mol. The van der Waals surface area contributed by atoms with Crippen LogP contribution in [0.1, 0.15) is 43.0 Å². The number of sulfonamides is 1. The zero-order valence-corrected chi connectivity index (χ0v) is 16.1. The second kappa shape index (κ2) is 9.25. The van der Waals surface area contributed by atoms with Gasteiger partial charge >= 0.3 is 0 Å². The Balaban J connectivity index is 1.79. The number of nitrogens with zero attached hydrogens (tertiary/aromatic N) is 1. The molecule has 1 aromatic rings. The molecule has 7 nitrogen and oxygen atoms in total. The Morgan fingerprint density at radius 3 is 2.54 bits per heavy atom. The molecule has 0 aromatic heterocycles. The monoisotopic (exact) mass is 381 g/mol. The predicted molar refractivity (Wildman–Crippen MR) is 99.5 cm³/mol. The fraction of sp³-hybridized carbons (Fsp3) is 0.556. The molecule has 8 heteroatoms. The van der Waals surface area contributed by atoms with Crippen LogP contribution in [-0.2, 0) is 14.8 Å². The largest absolute Gasteiger partial charge is 0.355 e. The molecule has 2 N–H and O–H groups in total. The van der Waals surface area contributed by atoms with Crippen LogP contribution < -0.4 is 10.6 Å². The Morgan fingerprint density at radius 2 is 1.96 bits per heavy atom. The number of nitrogens with one attached hydrogen (secondary N) is 2. The maximum absolute atomic E-state index is 12.5. The first-order valence-electron chi connectivity index (χ1n) is 8.88. The van der Waals surface area contributed by atoms with E-state index in [2.05, 4.69) is 10.6 Å². The number of hydrogen-bond donors (Lipinski definition) is 2. The van der Waals surface area contributed by atoms with Crippen LogP contribution in [0.4, 0.5) is 0 Å². The topological polar surface area (TPSA) is 95.6 Å². The highest BCUT2D eigenvalue weighted by Crippen LogP contribution is 2.16. The van der Waals surface area contributed by atoms with Gasteiger partial charge in [0.2, 0.25) is 15.9 Å². The molecule has 0 spiro atoms. The Labute approximate surface area is 155 Å². The number of hydrogen-bond acceptors (Lipinski definition) is 5. The van der Waals surface area contributed by atoms with Crippen LogP contribution in [0.25, 0.3) is 0 Å². The van der Waals surface area contributed by atoms with E-state index < -0.39 is 10.0 Å². The third kappa shape index (κ3) is 5.62. The van der Waals surface area contributed by atoms with E-state index >= 15 is 0 Å². The van der Waals surface area contributed by atoms with Crippen molar-refractivity contribution in [2.24, 2.45) is 0 Å². The lowest BCUT2D eigenvalue weighted by Gasteiger charge is -2.17. The molecule has 1 heterocycles. The number of ketones is 1. The van der Waals surface area contributed by atoms with Crippen LogP contribution >= 0.6 is 0 Å². The summed E-state index contributed by atoms with van der Waals surface area (Å²) in [5.41, 5.74) is 0.472. The molecule has 0 aliphatic carbocycles. The van der Waals surface area contributed by atoms with Crippen LogP contribution in [0, 0.1) is 0 Å². The Bertz CT molecular complexity index is 725. The van der Waals surface area contributed by atoms with Crippen molar-refractivity contribution in [3.8, 4) is 0 Å². The molecule has 1 aromatic carbocycles. The van der Waals surface area contributed by atoms with Crippen molar-refractivity contribution in [1.29, 1.82) is 0 Å². The fourth-order valence-corrected chi connectivity index (χ4v) is 4.09. The molecule has 1 atom stereocenters. The molecular formula is C18H27N3O4S. The van der Waals surface area contributed by atoms with Crippen LogP contribution in [0.3, 0.4) is 0 Å². The minimum absolute atomic E-state index is 0.0599. The molecule has 1 saturated heterocycles. The molecule has 1 amide bonds. The highest BCUT2D eigenvalue weighted by atomic mass is 32.2. The van der Waals surface area contributed by atoms with E-state index in [4.69, 9.17) is 0 Å². The van der Waals surface area contributed by atoms with Crippen molar-refractivity contribution >= 4 is 21.7 Å². The van der Waals surface area contributed by atoms with E-state index in [-0.39, 0.29) is 29.6 Å². The van der Waals surface area contributed by atoms with E-state index in [1.807, 2.05) is 0 Å². The summed E-state index contributed by atoms with van der Waals surface area (Å²) in [6, 6.07) is 6.23. The molecule has 1 aliphatic heterocycles. The van der Waals surface area contributed by atoms with Gasteiger partial charge in [-0.15, -0.1) is 0 Å². The quantitative estimate of drug-likeness (QED) is 0.626. The van der Waals surface area contributed by atoms with Gasteiger partial charge in [-0.25, -0.2) is 12.7 Å². The first-order valence-corrected chi connectivity index (χ1v) is 10.3. The van der Waals surface area contributed by atoms with Gasteiger partial charge in [0, 0.05) is 38.2 Å². The van der Waals surface area contributed by atoms with Gasteiger partial charge in [-0.1, -0.05) is 12.1 Å². The first-order chi connectivity index (χ1) is 12.3. The zero-order valence-electron chi connectivity index (χ0n) is 15.3. The molecule has 1 fully saturated rings. The van der Waals surface area contributed by atoms with E-state index in [0.717, 1.165) is 19.4 Å². The molecule has 144 valence electrons. The summed E-state index contributed by atoms with van der Waals surface area (Å²) in [6.07, 6.45) is 2.95. The average Bonchev–Trinajstić information content (AvgIpc) is 3.13. The van der Waals surface area contributed by atoms with Gasteiger partial charge in [0.25, 0.3) is 0 Å². The predicted octanol–water partition coefficient (Wildman–Crippen LogP) is 1.16. The maximum Gasteiger partial charge on any atom is 0.242 e. The van der Waals surface area contributed by atoms with Gasteiger partial charge in [0.05, 0.1) is 4.90 Å². The van der Waals surface area contributed by atoms with E-state index in [1.54, 1.807) is 0 Å². The van der Waals surface area contributed by atoms with Gasteiger partial charge in [-0.3, -0.25) is 9.59 Å². The minimum atomic E-state index is -3.62. The Kier molecular flexibility index (Phi) is 7.31. The lowest BCUT2D eigenvalue weighted by molar-refractivity contribution is -0.121. The van der Waals surface area contributed by atoms with Gasteiger partial charge < -0.3 is 10.6 Å². The van der Waals surface area contributed by atoms with Gasteiger partial charge in [-0.05, 0) is 44.9 Å². The standard InChI is InChI=1S/C18H27N3O4S/c1-14(22)15-7-9-17(10-8-15)26(24,25)21(2)12-4-6-18(23)20-13-16-5-3-11-19-16/h7-10,16,19H,3-6,11-13H2,1-2H3,(H,20,23). The van der Waals surface area contributed by atoms with Gasteiger partial charge in [0.15, 0.2) is 5.78 Å². The zero-order chi connectivity index (χ0) is 19.2. The average molecular weight is 381 g/mol. The van der Waals surface area contributed by atoms with Crippen molar-refractivity contribution in [2.45, 2.75) is 43.5 Å². The molecule has 26 heavy (non-hydrogen) atoms. The number of carbonyl (C=O) groups is 2. The molecule has 0 bridgehead atoms. The molecule has 1 unspecified atom stereocenters. The lowest BCUT2D eigenvalue weighted by atomic mass is 10.2. The normalized spacial score (nSPS) is 17.4. The smallest absolute Gasteiger partial charge is 0.242 e. The van der Waals surface area contributed by atoms with Crippen LogP contribution in [0.15, 0.2) is 29.2 Å². The SMILES string of the molecule is CC(=O)c1ccc(S(=O)(=O)N(C)CCCC(=O)NCC2CCCN2)cc1. The highest BCUT2D eigenvalue weighted by Gasteiger charge is 2.21. The van der Waals surface area contributed by atoms with Crippen molar-refractivity contribution in [1.82, 2.24) is 14.9 Å². The summed E-state index contributed by atoms with van der Waals surface area (Å²) < 4.78 is 26.3. The third-order valence-corrected chi connectivity index (χ3v) is 6.42. The summed E-state index contributed by atoms with van der Waals surface area (Å²) in [6.45, 7) is 3.31. The Morgan fingerprint density at radius 1 is 1.27 bits per heavy atom. The second-order valence-electron chi connectivity index (χ2n) is 6.61. The number of rotatable bonds is 9. The van der Waals surface area contributed by atoms with Gasteiger partial charge in [-0.2, -0.15) is 0 Å². The van der Waals surface area contributed by atoms with E-state index in [0.29, 0.717) is 24.6 Å². The summed E-state index contributed by atoms with van der Waals surface area (Å²) in [5.74, 6) is -0.170. The summed E-state index contributed by atoms with van der Waals surface area (Å²) >= 11 is 0. The number of benzene rings is 1. The molecule has 2 rings (SSSR count). The van der Waals surface area contributed by atoms with Crippen LogP contribution in [0.5, 0.6) is 0 Å². The summed E-state index contributed by atoms with van der Waals surface area (Å²) in [5, 5.41) is 6.20. The first kappa shape index (κ1) is 20.5. The second-order valence-corrected chi connectivity index (χ2v) is 8.65. The van der Waals surface area contributed by atoms with Crippen molar-refractivity contribution in [3.63, 3.8) is 0 Å². The lowest BCUT2D eigenvalue weighted by Crippen LogP contribution is -2.37. The minimum Gasteiger partial charge on any atom is -0.355 e. The number of carbonyl (C=O) groups excluding carboxylic acids is 2. The Hall–Kier alpha value is -1.77. The summed E-state index contributed by atoms with van der Waals surface area (Å²) in [4.78, 5) is 23.3. The maximum atomic E-state index is 12.5. The fourth-order valence-electron chi connectivity index (χ4n) is 2.88. The molecule has 0 radical (unpaired) electrons. The van der Waals surface area contributed by atoms with Crippen LogP contribution in [0.2, 0.25) is 0 Å². The van der Waals surface area contributed by atoms with E-state index in [9.17, 15) is 18.0 Å². The van der Waals surface area contributed by atoms with Gasteiger partial charge in [0.1, 0.15) is 0 Å². The van der Waals surface area contributed by atoms with Crippen LogP contribution in [-0.4, -0.2) is 57.1 Å². The van der Waals surface area contributed by atoms with Crippen molar-refractivity contribution < 1.29 is 18.0 Å². The van der Waals surface area contributed by atoms with Crippen molar-refractivity contribution in [3.05, 3.63) is 29.8 Å².